The van der Waals surface area contributed by atoms with Crippen LogP contribution in [0.25, 0.3) is 0 Å². The summed E-state index contributed by atoms with van der Waals surface area (Å²) in [5.74, 6) is 0.743. The second-order valence-corrected chi connectivity index (χ2v) is 5.06. The summed E-state index contributed by atoms with van der Waals surface area (Å²) in [5.41, 5.74) is 0. The summed E-state index contributed by atoms with van der Waals surface area (Å²) >= 11 is 0. The van der Waals surface area contributed by atoms with Gasteiger partial charge < -0.3 is 24.3 Å². The molecule has 6 heteroatoms. The second-order valence-electron chi connectivity index (χ2n) is 5.06. The summed E-state index contributed by atoms with van der Waals surface area (Å²) in [4.78, 5) is 9.95. The van der Waals surface area contributed by atoms with Crippen molar-refractivity contribution >= 4 is 6.41 Å². The second kappa shape index (κ2) is 17.4. The summed E-state index contributed by atoms with van der Waals surface area (Å²) in [5, 5.41) is 2.52. The molecule has 0 spiro atoms. The van der Waals surface area contributed by atoms with Crippen molar-refractivity contribution in [1.29, 1.82) is 0 Å². The van der Waals surface area contributed by atoms with E-state index in [9.17, 15) is 4.79 Å². The van der Waals surface area contributed by atoms with Gasteiger partial charge in [-0.25, -0.2) is 0 Å². The summed E-state index contributed by atoms with van der Waals surface area (Å²) in [6, 6.07) is 0. The highest BCUT2D eigenvalue weighted by atomic mass is 16.6. The molecule has 0 fully saturated rings. The van der Waals surface area contributed by atoms with Crippen molar-refractivity contribution < 1.29 is 23.7 Å². The van der Waals surface area contributed by atoms with Crippen molar-refractivity contribution in [2.24, 2.45) is 5.92 Å². The van der Waals surface area contributed by atoms with Gasteiger partial charge in [0.2, 0.25) is 6.41 Å². The first-order valence-electron chi connectivity index (χ1n) is 7.75. The Morgan fingerprint density at radius 2 is 1.29 bits per heavy atom. The lowest BCUT2D eigenvalue weighted by Crippen LogP contribution is -2.19. The average Bonchev–Trinajstić information content (AvgIpc) is 2.46. The molecular formula is C15H31NO5. The van der Waals surface area contributed by atoms with Gasteiger partial charge in [-0.2, -0.15) is 0 Å². The van der Waals surface area contributed by atoms with E-state index in [1.54, 1.807) is 0 Å². The minimum Gasteiger partial charge on any atom is -0.379 e. The van der Waals surface area contributed by atoms with Crippen molar-refractivity contribution in [3.8, 4) is 0 Å². The molecule has 0 aliphatic heterocycles. The molecule has 0 radical (unpaired) electrons. The van der Waals surface area contributed by atoms with Crippen LogP contribution in [0.1, 0.15) is 26.7 Å². The van der Waals surface area contributed by atoms with Gasteiger partial charge in [-0.1, -0.05) is 13.8 Å². The molecule has 0 aromatic carbocycles. The molecule has 6 nitrogen and oxygen atoms in total. The van der Waals surface area contributed by atoms with Crippen LogP contribution in [0.4, 0.5) is 0 Å². The highest BCUT2D eigenvalue weighted by Crippen LogP contribution is 2.02. The Morgan fingerprint density at radius 1 is 0.810 bits per heavy atom. The Bertz CT molecular complexity index is 214. The fourth-order valence-corrected chi connectivity index (χ4v) is 1.55. The van der Waals surface area contributed by atoms with Crippen LogP contribution in [0.5, 0.6) is 0 Å². The van der Waals surface area contributed by atoms with Gasteiger partial charge in [-0.05, 0) is 18.8 Å². The normalized spacial score (nSPS) is 11.0. The van der Waals surface area contributed by atoms with Gasteiger partial charge in [-0.3, -0.25) is 4.79 Å². The number of rotatable bonds is 17. The fraction of sp³-hybridized carbons (Fsp3) is 0.933. The van der Waals surface area contributed by atoms with Gasteiger partial charge >= 0.3 is 0 Å². The molecule has 0 heterocycles. The Morgan fingerprint density at radius 3 is 1.76 bits per heavy atom. The van der Waals surface area contributed by atoms with Gasteiger partial charge in [0.15, 0.2) is 0 Å². The summed E-state index contributed by atoms with van der Waals surface area (Å²) in [6.07, 6.45) is 2.98. The van der Waals surface area contributed by atoms with Crippen molar-refractivity contribution in [2.75, 3.05) is 59.4 Å². The maximum absolute atomic E-state index is 9.95. The summed E-state index contributed by atoms with van der Waals surface area (Å²) in [7, 11) is 0. The van der Waals surface area contributed by atoms with Crippen molar-refractivity contribution in [1.82, 2.24) is 5.32 Å². The zero-order chi connectivity index (χ0) is 15.6. The van der Waals surface area contributed by atoms with E-state index in [2.05, 4.69) is 19.2 Å². The van der Waals surface area contributed by atoms with E-state index in [-0.39, 0.29) is 0 Å². The first-order chi connectivity index (χ1) is 10.3. The molecule has 21 heavy (non-hydrogen) atoms. The summed E-state index contributed by atoms with van der Waals surface area (Å²) < 4.78 is 21.4. The third-order valence-corrected chi connectivity index (χ3v) is 2.66. The third kappa shape index (κ3) is 19.3. The zero-order valence-corrected chi connectivity index (χ0v) is 13.5. The maximum Gasteiger partial charge on any atom is 0.207 e. The van der Waals surface area contributed by atoms with Crippen LogP contribution < -0.4 is 5.32 Å². The van der Waals surface area contributed by atoms with Crippen molar-refractivity contribution in [2.45, 2.75) is 26.7 Å². The number of hydrogen-bond acceptors (Lipinski definition) is 5. The van der Waals surface area contributed by atoms with Crippen molar-refractivity contribution in [3.05, 3.63) is 0 Å². The number of carbonyl (C=O) groups is 1. The van der Waals surface area contributed by atoms with Crippen LogP contribution in [0.3, 0.4) is 0 Å². The maximum atomic E-state index is 9.95. The predicted octanol–water partition coefficient (Wildman–Crippen LogP) is 1.24. The molecule has 1 N–H and O–H groups in total. The van der Waals surface area contributed by atoms with Gasteiger partial charge in [0.25, 0.3) is 0 Å². The van der Waals surface area contributed by atoms with Crippen LogP contribution in [-0.2, 0) is 23.7 Å². The molecule has 0 saturated carbocycles. The van der Waals surface area contributed by atoms with E-state index in [1.807, 2.05) is 0 Å². The number of ether oxygens (including phenoxy) is 4. The Labute approximate surface area is 128 Å². The van der Waals surface area contributed by atoms with Gasteiger partial charge in [0.1, 0.15) is 0 Å². The molecule has 126 valence electrons. The third-order valence-electron chi connectivity index (χ3n) is 2.66. The smallest absolute Gasteiger partial charge is 0.207 e. The van der Waals surface area contributed by atoms with Crippen LogP contribution in [0.2, 0.25) is 0 Å². The minimum absolute atomic E-state index is 0.507. The molecule has 0 saturated heterocycles. The van der Waals surface area contributed by atoms with Crippen molar-refractivity contribution in [3.63, 3.8) is 0 Å². The number of amides is 1. The molecule has 0 aliphatic rings. The molecule has 0 aromatic heterocycles. The SMILES string of the molecule is CC(C)CCCOCCOCCOCCOCCNC=O. The topological polar surface area (TPSA) is 66.0 Å². The first kappa shape index (κ1) is 20.3. The van der Waals surface area contributed by atoms with Crippen LogP contribution in [0.15, 0.2) is 0 Å². The average molecular weight is 305 g/mol. The van der Waals surface area contributed by atoms with E-state index in [0.29, 0.717) is 59.2 Å². The van der Waals surface area contributed by atoms with E-state index >= 15 is 0 Å². The monoisotopic (exact) mass is 305 g/mol. The Hall–Kier alpha value is -0.690. The molecule has 0 atom stereocenters. The van der Waals surface area contributed by atoms with Gasteiger partial charge in [-0.15, -0.1) is 0 Å². The Balaban J connectivity index is 2.95. The standard InChI is InChI=1S/C15H31NO5/c1-15(2)4-3-6-18-8-10-20-12-13-21-11-9-19-7-5-16-14-17/h14-15H,3-13H2,1-2H3,(H,16,17). The molecule has 0 aromatic rings. The molecule has 0 bridgehead atoms. The van der Waals surface area contributed by atoms with Crippen LogP contribution in [-0.4, -0.2) is 65.8 Å². The minimum atomic E-state index is 0.507. The lowest BCUT2D eigenvalue weighted by Gasteiger charge is -2.08. The van der Waals surface area contributed by atoms with Crippen LogP contribution >= 0.6 is 0 Å². The largest absolute Gasteiger partial charge is 0.379 e. The highest BCUT2D eigenvalue weighted by molar-refractivity contribution is 5.45. The Kier molecular flexibility index (Phi) is 16.8. The van der Waals surface area contributed by atoms with E-state index in [4.69, 9.17) is 18.9 Å². The molecule has 0 unspecified atom stereocenters. The summed E-state index contributed by atoms with van der Waals surface area (Å²) in [6.45, 7) is 9.74. The number of nitrogens with one attached hydrogen (secondary N) is 1. The highest BCUT2D eigenvalue weighted by Gasteiger charge is 1.95. The molecular weight excluding hydrogens is 274 g/mol. The number of hydrogen-bond donors (Lipinski definition) is 1. The van der Waals surface area contributed by atoms with Gasteiger partial charge in [0.05, 0.1) is 46.2 Å². The molecule has 0 aliphatic carbocycles. The number of carbonyl (C=O) groups excluding carboxylic acids is 1. The fourth-order valence-electron chi connectivity index (χ4n) is 1.55. The van der Waals surface area contributed by atoms with Crippen LogP contribution in [0, 0.1) is 5.92 Å². The molecule has 1 amide bonds. The first-order valence-corrected chi connectivity index (χ1v) is 7.75. The lowest BCUT2D eigenvalue weighted by molar-refractivity contribution is -0.109. The quantitative estimate of drug-likeness (QED) is 0.323. The van der Waals surface area contributed by atoms with Gasteiger partial charge in [0, 0.05) is 13.2 Å². The zero-order valence-electron chi connectivity index (χ0n) is 13.5. The molecule has 0 rings (SSSR count). The predicted molar refractivity (Wildman–Crippen MR) is 81.4 cm³/mol. The van der Waals surface area contributed by atoms with E-state index < -0.39 is 0 Å². The van der Waals surface area contributed by atoms with E-state index in [1.165, 1.54) is 6.42 Å². The lowest BCUT2D eigenvalue weighted by atomic mass is 10.1. The van der Waals surface area contributed by atoms with E-state index in [0.717, 1.165) is 18.9 Å².